The van der Waals surface area contributed by atoms with Crippen LogP contribution >= 0.6 is 0 Å². The predicted molar refractivity (Wildman–Crippen MR) is 193 cm³/mol. The number of nitrogens with zero attached hydrogens (tertiary/aromatic N) is 6. The molecule has 4 heterocycles. The zero-order chi connectivity index (χ0) is 33.5. The van der Waals surface area contributed by atoms with Crippen molar-refractivity contribution in [3.8, 4) is 51.5 Å². The third-order valence-corrected chi connectivity index (χ3v) is 8.39. The van der Waals surface area contributed by atoms with Crippen molar-refractivity contribution in [1.29, 1.82) is 0 Å². The van der Waals surface area contributed by atoms with E-state index in [1.54, 1.807) is 0 Å². The smallest absolute Gasteiger partial charge is 0.237 e. The number of ether oxygens (including phenoxy) is 2. The molecule has 8 aromatic rings. The minimum Gasteiger partial charge on any atom is -0.457 e. The third-order valence-electron chi connectivity index (χ3n) is 8.39. The van der Waals surface area contributed by atoms with E-state index in [1.165, 1.54) is 12.7 Å². The zero-order valence-electron chi connectivity index (χ0n) is 27.5. The normalized spacial score (nSPS) is 11.3. The molecule has 8 nitrogen and oxygen atoms in total. The van der Waals surface area contributed by atoms with Gasteiger partial charge in [-0.1, -0.05) is 0 Å². The van der Waals surface area contributed by atoms with Gasteiger partial charge in [-0.25, -0.2) is 15.0 Å². The summed E-state index contributed by atoms with van der Waals surface area (Å²) in [5, 5.41) is 2.07. The molecule has 0 atom stereocenters. The van der Waals surface area contributed by atoms with Gasteiger partial charge in [0.05, 0.1) is 22.4 Å². The van der Waals surface area contributed by atoms with Crippen LogP contribution in [0.25, 0.3) is 50.3 Å². The molecule has 0 amide bonds. The maximum atomic E-state index is 6.49. The summed E-state index contributed by atoms with van der Waals surface area (Å²) in [6.07, 6.45) is 6.67. The van der Waals surface area contributed by atoms with E-state index < -0.39 is 0 Å². The van der Waals surface area contributed by atoms with Crippen molar-refractivity contribution >= 4 is 21.8 Å². The van der Waals surface area contributed by atoms with E-state index in [0.29, 0.717) is 17.4 Å². The molecule has 0 saturated heterocycles. The lowest BCUT2D eigenvalue weighted by Gasteiger charge is -2.11. The second-order valence-electron chi connectivity index (χ2n) is 12.3. The number of fused-ring (bicyclic) bond motifs is 3. The minimum atomic E-state index is 0.496. The van der Waals surface area contributed by atoms with E-state index >= 15 is 0 Å². The highest BCUT2D eigenvalue weighted by atomic mass is 16.5. The van der Waals surface area contributed by atoms with Crippen molar-refractivity contribution in [3.63, 3.8) is 0 Å². The second-order valence-corrected chi connectivity index (χ2v) is 12.3. The number of hydrogen-bond donors (Lipinski definition) is 0. The fourth-order valence-electron chi connectivity index (χ4n) is 6.24. The first-order chi connectivity index (χ1) is 23.9. The van der Waals surface area contributed by atoms with Gasteiger partial charge in [0, 0.05) is 46.4 Å². The number of aromatic nitrogens is 6. The Morgan fingerprint density at radius 3 is 1.41 bits per heavy atom. The quantitative estimate of drug-likeness (QED) is 0.171. The summed E-state index contributed by atoms with van der Waals surface area (Å²) in [7, 11) is 0. The molecule has 0 aliphatic carbocycles. The fraction of sp³-hybridized carbons (Fsp3) is 0.0976. The SMILES string of the molecule is Cc1cc(Oc2ccc3c4ccc(Oc5cc(C)cc(-c6cc(C)ccn6)c5)cc4n(-c4ncncn4)c3c2)cc(-c2cc(C)ccn2)c1. The average Bonchev–Trinajstić information content (AvgIpc) is 3.41. The number of benzene rings is 4. The molecule has 0 spiro atoms. The lowest BCUT2D eigenvalue weighted by molar-refractivity contribution is 0.483. The first-order valence-electron chi connectivity index (χ1n) is 16.0. The Balaban J connectivity index is 1.19. The summed E-state index contributed by atoms with van der Waals surface area (Å²) in [4.78, 5) is 22.3. The van der Waals surface area contributed by atoms with Gasteiger partial charge in [0.15, 0.2) is 0 Å². The molecule has 0 saturated carbocycles. The molecule has 238 valence electrons. The Hall–Kier alpha value is -6.41. The van der Waals surface area contributed by atoms with Crippen LogP contribution < -0.4 is 9.47 Å². The van der Waals surface area contributed by atoms with Gasteiger partial charge in [0.25, 0.3) is 0 Å². The van der Waals surface area contributed by atoms with Crippen LogP contribution in [0.4, 0.5) is 0 Å². The van der Waals surface area contributed by atoms with Crippen LogP contribution in [0.15, 0.2) is 122 Å². The van der Waals surface area contributed by atoms with Crippen LogP contribution in [0.5, 0.6) is 23.0 Å². The van der Waals surface area contributed by atoms with E-state index in [4.69, 9.17) is 9.47 Å². The van der Waals surface area contributed by atoms with Crippen molar-refractivity contribution in [2.45, 2.75) is 27.7 Å². The Bertz CT molecular complexity index is 2350. The molecular weight excluding hydrogens is 608 g/mol. The molecule has 8 rings (SSSR count). The van der Waals surface area contributed by atoms with Crippen molar-refractivity contribution in [1.82, 2.24) is 29.5 Å². The largest absolute Gasteiger partial charge is 0.457 e. The first-order valence-corrected chi connectivity index (χ1v) is 16.0. The Kier molecular flexibility index (Phi) is 7.53. The van der Waals surface area contributed by atoms with Gasteiger partial charge in [0.1, 0.15) is 35.7 Å². The van der Waals surface area contributed by atoms with Gasteiger partial charge < -0.3 is 9.47 Å². The second kappa shape index (κ2) is 12.3. The van der Waals surface area contributed by atoms with E-state index in [1.807, 2.05) is 77.6 Å². The summed E-state index contributed by atoms with van der Waals surface area (Å²) >= 11 is 0. The molecule has 0 unspecified atom stereocenters. The van der Waals surface area contributed by atoms with E-state index in [-0.39, 0.29) is 0 Å². The number of aryl methyl sites for hydroxylation is 4. The predicted octanol–water partition coefficient (Wildman–Crippen LogP) is 9.91. The van der Waals surface area contributed by atoms with E-state index in [9.17, 15) is 0 Å². The van der Waals surface area contributed by atoms with Crippen molar-refractivity contribution in [2.75, 3.05) is 0 Å². The molecule has 0 fully saturated rings. The molecular formula is C41H32N6O2. The Morgan fingerprint density at radius 2 is 0.939 bits per heavy atom. The number of rotatable bonds is 7. The van der Waals surface area contributed by atoms with Gasteiger partial charge in [0.2, 0.25) is 5.95 Å². The van der Waals surface area contributed by atoms with E-state index in [0.717, 1.165) is 78.1 Å². The molecule has 8 heteroatoms. The van der Waals surface area contributed by atoms with Crippen LogP contribution in [-0.4, -0.2) is 29.5 Å². The summed E-state index contributed by atoms with van der Waals surface area (Å²) in [6.45, 7) is 8.25. The fourth-order valence-corrected chi connectivity index (χ4v) is 6.24. The van der Waals surface area contributed by atoms with Gasteiger partial charge in [-0.3, -0.25) is 14.5 Å². The molecule has 0 bridgehead atoms. The van der Waals surface area contributed by atoms with Gasteiger partial charge >= 0.3 is 0 Å². The minimum absolute atomic E-state index is 0.496. The van der Waals surface area contributed by atoms with Crippen LogP contribution in [0.3, 0.4) is 0 Å². The first kappa shape index (κ1) is 30.0. The lowest BCUT2D eigenvalue weighted by Crippen LogP contribution is -2.01. The topological polar surface area (TPSA) is 87.8 Å². The third kappa shape index (κ3) is 6.07. The summed E-state index contributed by atoms with van der Waals surface area (Å²) in [5.41, 5.74) is 10.1. The average molecular weight is 641 g/mol. The van der Waals surface area contributed by atoms with Crippen LogP contribution in [0, 0.1) is 27.7 Å². The molecule has 4 aromatic heterocycles. The van der Waals surface area contributed by atoms with Crippen LogP contribution in [-0.2, 0) is 0 Å². The van der Waals surface area contributed by atoms with Crippen molar-refractivity contribution < 1.29 is 9.47 Å². The molecule has 4 aromatic carbocycles. The number of pyridine rings is 2. The highest BCUT2D eigenvalue weighted by Crippen LogP contribution is 2.38. The van der Waals surface area contributed by atoms with E-state index in [2.05, 4.69) is 89.0 Å². The van der Waals surface area contributed by atoms with Gasteiger partial charge in [-0.05, 0) is 135 Å². The van der Waals surface area contributed by atoms with Crippen LogP contribution in [0.1, 0.15) is 22.3 Å². The highest BCUT2D eigenvalue weighted by Gasteiger charge is 2.17. The molecule has 0 radical (unpaired) electrons. The highest BCUT2D eigenvalue weighted by molar-refractivity contribution is 6.09. The summed E-state index contributed by atoms with van der Waals surface area (Å²) in [5.74, 6) is 3.33. The Morgan fingerprint density at radius 1 is 0.449 bits per heavy atom. The summed E-state index contributed by atoms with van der Waals surface area (Å²) < 4.78 is 15.0. The molecule has 0 aliphatic heterocycles. The summed E-state index contributed by atoms with van der Waals surface area (Å²) in [6, 6.07) is 32.7. The molecule has 49 heavy (non-hydrogen) atoms. The lowest BCUT2D eigenvalue weighted by atomic mass is 10.1. The van der Waals surface area contributed by atoms with Crippen molar-refractivity contribution in [2.24, 2.45) is 0 Å². The standard InChI is InChI=1S/C41H32N6O2/c1-25-9-11-43-37(17-25)29-13-27(3)15-33(19-29)48-31-5-7-35-36-8-6-32(22-40(36)47(39(35)21-31)41-45-23-42-24-46-41)49-34-16-28(4)14-30(20-34)38-18-26(2)10-12-44-38/h5-24H,1-4H3. The molecule has 0 N–H and O–H groups in total. The maximum absolute atomic E-state index is 6.49. The van der Waals surface area contributed by atoms with Crippen molar-refractivity contribution in [3.05, 3.63) is 144 Å². The zero-order valence-corrected chi connectivity index (χ0v) is 27.5. The maximum Gasteiger partial charge on any atom is 0.237 e. The van der Waals surface area contributed by atoms with Crippen LogP contribution in [0.2, 0.25) is 0 Å². The molecule has 0 aliphatic rings. The van der Waals surface area contributed by atoms with Gasteiger partial charge in [-0.2, -0.15) is 0 Å². The number of hydrogen-bond acceptors (Lipinski definition) is 7. The monoisotopic (exact) mass is 640 g/mol. The Labute approximate surface area is 283 Å². The van der Waals surface area contributed by atoms with Gasteiger partial charge in [-0.15, -0.1) is 0 Å².